The van der Waals surface area contributed by atoms with Crippen molar-refractivity contribution in [3.05, 3.63) is 0 Å². The number of carbonyl (C=O) groups excluding carboxylic acids is 2. The standard InChI is InChI=1S/C20H37N5O4/c1-23-11-13-24(14-12-23)15-17-5-4-10-25(17)16-19(27)22-8-2-6-18(26)21-9-3-7-20(28)29/h17H,2-16H2,1H3,(H,21,26)(H,22,27)(H,28,29)/i2+1,3+1,6+1,7+1,8+1,9+1,15+1,18+1,20+1,24+1,25+1. The first-order valence-electron chi connectivity index (χ1n) is 10.8. The molecule has 0 bridgehead atoms. The quantitative estimate of drug-likeness (QED) is 0.223. The number of amides is 2. The van der Waals surface area contributed by atoms with Crippen molar-refractivity contribution in [3.63, 3.8) is 0 Å². The SMILES string of the molecule is CN1CC[15N]([13CH2]C2CCC[15N]2CC(=O)N[13CH2][13CH2][13CH2][13C](=O)N[13CH2][13CH2][13CH2][13C](=O)O)CC1. The van der Waals surface area contributed by atoms with Crippen molar-refractivity contribution in [2.75, 3.05) is 66.0 Å². The van der Waals surface area contributed by atoms with Crippen molar-refractivity contribution >= 4 is 17.8 Å². The van der Waals surface area contributed by atoms with Crippen LogP contribution in [0.1, 0.15) is 38.5 Å². The third-order valence-corrected chi connectivity index (χ3v) is 5.70. The van der Waals surface area contributed by atoms with Gasteiger partial charge in [-0.05, 0) is 39.3 Å². The molecule has 2 amide bonds. The molecule has 9 heteroatoms. The molecule has 2 aliphatic heterocycles. The number of piperazine rings is 1. The average molecular weight is 422 g/mol. The van der Waals surface area contributed by atoms with Crippen LogP contribution in [-0.2, 0) is 14.4 Å². The Morgan fingerprint density at radius 2 is 1.59 bits per heavy atom. The predicted molar refractivity (Wildman–Crippen MR) is 111 cm³/mol. The lowest BCUT2D eigenvalue weighted by Gasteiger charge is -2.36. The van der Waals surface area contributed by atoms with Gasteiger partial charge in [0.05, 0.1) is 6.54 Å². The fourth-order valence-electron chi connectivity index (χ4n) is 3.91. The Bertz CT molecular complexity index is 537. The Hall–Kier alpha value is -1.71. The van der Waals surface area contributed by atoms with Crippen LogP contribution in [0, 0.1) is 0 Å². The van der Waals surface area contributed by atoms with Crippen LogP contribution >= 0.6 is 0 Å². The molecule has 2 fully saturated rings. The van der Waals surface area contributed by atoms with Gasteiger partial charge in [-0.1, -0.05) is 0 Å². The second kappa shape index (κ2) is 12.8. The highest BCUT2D eigenvalue weighted by Gasteiger charge is 2.28. The van der Waals surface area contributed by atoms with Crippen LogP contribution in [-0.4, -0.2) is 110 Å². The highest BCUT2D eigenvalue weighted by atomic mass is 16.5. The Balaban J connectivity index is 1.55. The monoisotopic (exact) mass is 422 g/mol. The van der Waals surface area contributed by atoms with E-state index in [0.29, 0.717) is 44.9 Å². The maximum atomic E-state index is 12.3. The Labute approximate surface area is 173 Å². The number of likely N-dealkylation sites (N-methyl/N-ethyl adjacent to an activating group) is 1. The van der Waals surface area contributed by atoms with Crippen LogP contribution in [0.5, 0.6) is 0 Å². The van der Waals surface area contributed by atoms with Crippen LogP contribution < -0.4 is 10.6 Å². The van der Waals surface area contributed by atoms with Crippen molar-refractivity contribution in [1.82, 2.24) is 25.3 Å². The molecule has 2 aliphatic rings. The van der Waals surface area contributed by atoms with Gasteiger partial charge >= 0.3 is 5.97 Å². The highest BCUT2D eigenvalue weighted by Crippen LogP contribution is 2.18. The molecule has 2 rings (SSSR count). The second-order valence-corrected chi connectivity index (χ2v) is 8.17. The van der Waals surface area contributed by atoms with Crippen LogP contribution in [0.4, 0.5) is 0 Å². The van der Waals surface area contributed by atoms with E-state index in [2.05, 4.69) is 32.4 Å². The van der Waals surface area contributed by atoms with Gasteiger partial charge in [-0.3, -0.25) is 24.2 Å². The number of likely N-dealkylation sites (tertiary alicyclic amines) is 1. The molecule has 0 saturated carbocycles. The summed E-state index contributed by atoms with van der Waals surface area (Å²) in [5.41, 5.74) is 0. The fourth-order valence-corrected chi connectivity index (χ4v) is 3.91. The van der Waals surface area contributed by atoms with Gasteiger partial charge in [0.2, 0.25) is 11.8 Å². The molecule has 0 aliphatic carbocycles. The summed E-state index contributed by atoms with van der Waals surface area (Å²) in [6, 6.07) is 0.459. The van der Waals surface area contributed by atoms with Crippen LogP contribution in [0.15, 0.2) is 0 Å². The molecule has 166 valence electrons. The number of carboxylic acid groups (broad SMARTS) is 1. The highest BCUT2D eigenvalue weighted by molar-refractivity contribution is 5.78. The van der Waals surface area contributed by atoms with E-state index in [4.69, 9.17) is 5.11 Å². The van der Waals surface area contributed by atoms with E-state index in [9.17, 15) is 14.4 Å². The first kappa shape index (κ1) is 23.6. The Kier molecular flexibility index (Phi) is 10.4. The molecule has 2 heterocycles. The maximum Gasteiger partial charge on any atom is 0.303 e. The number of carbonyl (C=O) groups is 3. The van der Waals surface area contributed by atoms with Gasteiger partial charge in [0.15, 0.2) is 0 Å². The van der Waals surface area contributed by atoms with Crippen LogP contribution in [0.25, 0.3) is 0 Å². The molecular formula is C20H37N5O4. The lowest BCUT2D eigenvalue weighted by Crippen LogP contribution is -2.50. The van der Waals surface area contributed by atoms with Gasteiger partial charge in [-0.25, -0.2) is 0 Å². The van der Waals surface area contributed by atoms with Gasteiger partial charge in [0.1, 0.15) is 0 Å². The zero-order valence-electron chi connectivity index (χ0n) is 17.7. The van der Waals surface area contributed by atoms with E-state index in [0.717, 1.165) is 52.1 Å². The zero-order chi connectivity index (χ0) is 21.1. The summed E-state index contributed by atoms with van der Waals surface area (Å²) in [6.45, 7) is 7.74. The lowest BCUT2D eigenvalue weighted by atomic mass is 10.3. The Morgan fingerprint density at radius 1 is 0.931 bits per heavy atom. The van der Waals surface area contributed by atoms with Gasteiger partial charge in [-0.15, -0.1) is 0 Å². The molecule has 0 aromatic heterocycles. The normalized spacial score (nSPS) is 21.2. The topological polar surface area (TPSA) is 105 Å². The lowest BCUT2D eigenvalue weighted by molar-refractivity contribution is -0.137. The minimum Gasteiger partial charge on any atom is -0.481 e. The molecule has 0 spiro atoms. The summed E-state index contributed by atoms with van der Waals surface area (Å²) in [4.78, 5) is 41.5. The zero-order valence-corrected chi connectivity index (χ0v) is 17.7. The van der Waals surface area contributed by atoms with E-state index < -0.39 is 5.97 Å². The molecule has 9 nitrogen and oxygen atoms in total. The number of nitrogens with zero attached hydrogens (tertiary/aromatic N) is 3. The second-order valence-electron chi connectivity index (χ2n) is 8.17. The maximum absolute atomic E-state index is 12.3. The molecule has 1 atom stereocenters. The molecule has 1 unspecified atom stereocenters. The van der Waals surface area contributed by atoms with Gasteiger partial charge < -0.3 is 20.6 Å². The molecule has 3 N–H and O–H groups in total. The smallest absolute Gasteiger partial charge is 0.303 e. The molecule has 0 aromatic carbocycles. The fraction of sp³-hybridized carbons (Fsp3) is 0.850. The van der Waals surface area contributed by atoms with Crippen molar-refractivity contribution in [1.29, 1.82) is 0 Å². The number of nitrogens with one attached hydrogen (secondary N) is 2. The molecule has 29 heavy (non-hydrogen) atoms. The number of aliphatic carboxylic acids is 1. The van der Waals surface area contributed by atoms with Gasteiger partial charge in [0.25, 0.3) is 0 Å². The predicted octanol–water partition coefficient (Wildman–Crippen LogP) is -0.424. The van der Waals surface area contributed by atoms with E-state index in [1.807, 2.05) is 0 Å². The van der Waals surface area contributed by atoms with Crippen LogP contribution in [0.3, 0.4) is 0 Å². The van der Waals surface area contributed by atoms with Crippen molar-refractivity contribution in [2.45, 2.75) is 44.6 Å². The Morgan fingerprint density at radius 3 is 2.28 bits per heavy atom. The van der Waals surface area contributed by atoms with E-state index >= 15 is 0 Å². The third-order valence-electron chi connectivity index (χ3n) is 5.70. The summed E-state index contributed by atoms with van der Waals surface area (Å²) in [5, 5.41) is 14.2. The van der Waals surface area contributed by atoms with Crippen molar-refractivity contribution in [3.8, 4) is 0 Å². The molecular weight excluding hydrogens is 385 g/mol. The summed E-state index contributed by atoms with van der Waals surface area (Å²) in [5.74, 6) is -0.931. The van der Waals surface area contributed by atoms with E-state index in [-0.39, 0.29) is 18.2 Å². The largest absolute Gasteiger partial charge is 0.481 e. The first-order valence-corrected chi connectivity index (χ1v) is 10.8. The first-order chi connectivity index (χ1) is 13.9. The number of hydrogen-bond acceptors (Lipinski definition) is 6. The molecule has 0 radical (unpaired) electrons. The summed E-state index contributed by atoms with van der Waals surface area (Å²) < 4.78 is 0. The van der Waals surface area contributed by atoms with Crippen molar-refractivity contribution < 1.29 is 19.5 Å². The molecule has 2 saturated heterocycles. The average Bonchev–Trinajstić information content (AvgIpc) is 3.10. The number of rotatable bonds is 12. The van der Waals surface area contributed by atoms with Gasteiger partial charge in [-0.2, -0.15) is 0 Å². The van der Waals surface area contributed by atoms with Gasteiger partial charge in [0, 0.05) is 64.7 Å². The van der Waals surface area contributed by atoms with Crippen molar-refractivity contribution in [2.24, 2.45) is 0 Å². The minimum absolute atomic E-state index is 0.0251. The number of carboxylic acids is 1. The molecule has 0 aromatic rings. The van der Waals surface area contributed by atoms with Crippen LogP contribution in [0.2, 0.25) is 0 Å². The van der Waals surface area contributed by atoms with E-state index in [1.54, 1.807) is 0 Å². The third kappa shape index (κ3) is 9.56. The minimum atomic E-state index is -0.856. The summed E-state index contributed by atoms with van der Waals surface area (Å²) in [7, 11) is 2.16. The summed E-state index contributed by atoms with van der Waals surface area (Å²) in [6.07, 6.45) is 3.71. The number of hydrogen-bond donors (Lipinski definition) is 3. The van der Waals surface area contributed by atoms with E-state index in [1.165, 1.54) is 0 Å². The summed E-state index contributed by atoms with van der Waals surface area (Å²) >= 11 is 0.